The predicted octanol–water partition coefficient (Wildman–Crippen LogP) is 1.91. The molecule has 0 fully saturated rings. The summed E-state index contributed by atoms with van der Waals surface area (Å²) in [4.78, 5) is 11.3. The summed E-state index contributed by atoms with van der Waals surface area (Å²) in [5, 5.41) is 0.466. The second kappa shape index (κ2) is 6.88. The lowest BCUT2D eigenvalue weighted by molar-refractivity contribution is -0.143. The van der Waals surface area contributed by atoms with Gasteiger partial charge in [0.1, 0.15) is 0 Å². The number of esters is 1. The number of sulfonamides is 1. The maximum Gasteiger partial charge on any atom is 0.307 e. The van der Waals surface area contributed by atoms with Crippen molar-refractivity contribution in [3.8, 4) is 0 Å². The lowest BCUT2D eigenvalue weighted by Crippen LogP contribution is -2.29. The van der Waals surface area contributed by atoms with Gasteiger partial charge in [-0.15, -0.1) is 0 Å². The summed E-state index contributed by atoms with van der Waals surface area (Å²) in [7, 11) is -2.18. The van der Waals surface area contributed by atoms with Gasteiger partial charge in [-0.05, 0) is 31.2 Å². The summed E-state index contributed by atoms with van der Waals surface area (Å²) < 4.78 is 30.2. The van der Waals surface area contributed by atoms with Crippen LogP contribution in [-0.2, 0) is 19.6 Å². The van der Waals surface area contributed by atoms with Gasteiger partial charge in [-0.2, -0.15) is 0 Å². The summed E-state index contributed by atoms with van der Waals surface area (Å²) in [6, 6.07) is 5.87. The third-order valence-corrected chi connectivity index (χ3v) is 4.58. The first-order valence-electron chi connectivity index (χ1n) is 5.75. The lowest BCUT2D eigenvalue weighted by Gasteiger charge is -2.16. The molecule has 0 spiro atoms. The van der Waals surface area contributed by atoms with Gasteiger partial charge in [-0.3, -0.25) is 4.79 Å². The molecule has 1 rings (SSSR count). The van der Waals surface area contributed by atoms with E-state index in [9.17, 15) is 13.2 Å². The number of ether oxygens (including phenoxy) is 1. The molecular formula is C12H16ClNO4S. The third-order valence-electron chi connectivity index (χ3n) is 2.46. The molecule has 0 amide bonds. The molecule has 0 saturated carbocycles. The Bertz CT molecular complexity index is 527. The van der Waals surface area contributed by atoms with Gasteiger partial charge in [-0.25, -0.2) is 12.7 Å². The molecule has 0 radical (unpaired) electrons. The monoisotopic (exact) mass is 305 g/mol. The fourth-order valence-corrected chi connectivity index (χ4v) is 2.69. The van der Waals surface area contributed by atoms with Gasteiger partial charge in [-0.1, -0.05) is 11.6 Å². The van der Waals surface area contributed by atoms with Gasteiger partial charge in [0.05, 0.1) is 17.9 Å². The molecule has 0 N–H and O–H groups in total. The molecule has 0 aliphatic heterocycles. The van der Waals surface area contributed by atoms with Crippen molar-refractivity contribution in [2.75, 3.05) is 20.2 Å². The van der Waals surface area contributed by atoms with Gasteiger partial charge in [0, 0.05) is 18.6 Å². The first kappa shape index (κ1) is 15.9. The van der Waals surface area contributed by atoms with Crippen molar-refractivity contribution in [1.29, 1.82) is 0 Å². The summed E-state index contributed by atoms with van der Waals surface area (Å²) in [5.41, 5.74) is 0. The highest BCUT2D eigenvalue weighted by Gasteiger charge is 2.21. The zero-order valence-electron chi connectivity index (χ0n) is 10.8. The quantitative estimate of drug-likeness (QED) is 0.753. The predicted molar refractivity (Wildman–Crippen MR) is 72.5 cm³/mol. The van der Waals surface area contributed by atoms with Crippen molar-refractivity contribution in [2.24, 2.45) is 0 Å². The van der Waals surface area contributed by atoms with Crippen molar-refractivity contribution in [3.05, 3.63) is 29.3 Å². The summed E-state index contributed by atoms with van der Waals surface area (Å²) >= 11 is 5.71. The van der Waals surface area contributed by atoms with Crippen LogP contribution in [0.4, 0.5) is 0 Å². The molecule has 0 aliphatic rings. The fraction of sp³-hybridized carbons (Fsp3) is 0.417. The van der Waals surface area contributed by atoms with Gasteiger partial charge in [0.25, 0.3) is 0 Å². The van der Waals surface area contributed by atoms with E-state index in [1.54, 1.807) is 6.92 Å². The van der Waals surface area contributed by atoms with Crippen molar-refractivity contribution >= 4 is 27.6 Å². The Morgan fingerprint density at radius 2 is 1.89 bits per heavy atom. The number of carbonyl (C=O) groups excluding carboxylic acids is 1. The van der Waals surface area contributed by atoms with Crippen molar-refractivity contribution in [2.45, 2.75) is 18.2 Å². The van der Waals surface area contributed by atoms with E-state index in [0.29, 0.717) is 5.02 Å². The normalized spacial score (nSPS) is 11.6. The van der Waals surface area contributed by atoms with E-state index in [0.717, 1.165) is 4.31 Å². The molecule has 0 aliphatic carbocycles. The average Bonchev–Trinajstić information content (AvgIpc) is 2.36. The largest absolute Gasteiger partial charge is 0.466 e. The number of nitrogens with zero attached hydrogens (tertiary/aromatic N) is 1. The van der Waals surface area contributed by atoms with Crippen LogP contribution in [0.1, 0.15) is 13.3 Å². The summed E-state index contributed by atoms with van der Waals surface area (Å²) in [6.07, 6.45) is 0.0250. The summed E-state index contributed by atoms with van der Waals surface area (Å²) in [6.45, 7) is 2.06. The van der Waals surface area contributed by atoms with Crippen LogP contribution in [0.3, 0.4) is 0 Å². The second-order valence-electron chi connectivity index (χ2n) is 3.84. The van der Waals surface area contributed by atoms with Crippen molar-refractivity contribution in [3.63, 3.8) is 0 Å². The van der Waals surface area contributed by atoms with Gasteiger partial charge in [0.2, 0.25) is 10.0 Å². The molecule has 19 heavy (non-hydrogen) atoms. The smallest absolute Gasteiger partial charge is 0.307 e. The molecule has 106 valence electrons. The SMILES string of the molecule is CCOC(=O)CCN(C)S(=O)(=O)c1ccc(Cl)cc1. The molecule has 0 atom stereocenters. The van der Waals surface area contributed by atoms with E-state index in [4.69, 9.17) is 16.3 Å². The minimum Gasteiger partial charge on any atom is -0.466 e. The Labute approximate surface area is 118 Å². The topological polar surface area (TPSA) is 63.7 Å². The lowest BCUT2D eigenvalue weighted by atomic mass is 10.4. The maximum atomic E-state index is 12.1. The first-order valence-corrected chi connectivity index (χ1v) is 7.57. The van der Waals surface area contributed by atoms with Gasteiger partial charge in [0.15, 0.2) is 0 Å². The standard InChI is InChI=1S/C12H16ClNO4S/c1-3-18-12(15)8-9-14(2)19(16,17)11-6-4-10(13)5-7-11/h4-7H,3,8-9H2,1-2H3. The van der Waals surface area contributed by atoms with Crippen LogP contribution in [0.5, 0.6) is 0 Å². The fourth-order valence-electron chi connectivity index (χ4n) is 1.39. The maximum absolute atomic E-state index is 12.1. The molecule has 0 saturated heterocycles. The van der Waals surface area contributed by atoms with E-state index >= 15 is 0 Å². The molecule has 0 bridgehead atoms. The Balaban J connectivity index is 2.72. The van der Waals surface area contributed by atoms with E-state index in [1.165, 1.54) is 31.3 Å². The number of halogens is 1. The van der Waals surface area contributed by atoms with Crippen LogP contribution in [0.2, 0.25) is 5.02 Å². The molecule has 5 nitrogen and oxygen atoms in total. The van der Waals surface area contributed by atoms with Crippen molar-refractivity contribution in [1.82, 2.24) is 4.31 Å². The molecule has 1 aromatic carbocycles. The molecule has 7 heteroatoms. The molecule has 1 aromatic rings. The highest BCUT2D eigenvalue weighted by Crippen LogP contribution is 2.17. The zero-order chi connectivity index (χ0) is 14.5. The van der Waals surface area contributed by atoms with Gasteiger partial charge >= 0.3 is 5.97 Å². The van der Waals surface area contributed by atoms with Crippen LogP contribution in [0, 0.1) is 0 Å². The minimum absolute atomic E-state index is 0.0250. The first-order chi connectivity index (χ1) is 8.87. The van der Waals surface area contributed by atoms with Crippen molar-refractivity contribution < 1.29 is 17.9 Å². The Morgan fingerprint density at radius 3 is 2.42 bits per heavy atom. The molecule has 0 aromatic heterocycles. The Morgan fingerprint density at radius 1 is 1.32 bits per heavy atom. The van der Waals surface area contributed by atoms with E-state index in [2.05, 4.69) is 0 Å². The number of benzene rings is 1. The van der Waals surface area contributed by atoms with Crippen LogP contribution in [0.25, 0.3) is 0 Å². The second-order valence-corrected chi connectivity index (χ2v) is 6.32. The summed E-state index contributed by atoms with van der Waals surface area (Å²) in [5.74, 6) is -0.416. The Kier molecular flexibility index (Phi) is 5.78. The van der Waals surface area contributed by atoms with E-state index in [-0.39, 0.29) is 24.5 Å². The molecule has 0 heterocycles. The van der Waals surface area contributed by atoms with E-state index < -0.39 is 16.0 Å². The number of hydrogen-bond donors (Lipinski definition) is 0. The number of rotatable bonds is 6. The van der Waals surface area contributed by atoms with Crippen LogP contribution in [-0.4, -0.2) is 38.9 Å². The molecule has 0 unspecified atom stereocenters. The average molecular weight is 306 g/mol. The van der Waals surface area contributed by atoms with E-state index in [1.807, 2.05) is 0 Å². The third kappa shape index (κ3) is 4.49. The van der Waals surface area contributed by atoms with Crippen LogP contribution < -0.4 is 0 Å². The Hall–Kier alpha value is -1.11. The number of hydrogen-bond acceptors (Lipinski definition) is 4. The minimum atomic E-state index is -3.60. The number of carbonyl (C=O) groups is 1. The highest BCUT2D eigenvalue weighted by atomic mass is 35.5. The van der Waals surface area contributed by atoms with Crippen LogP contribution >= 0.6 is 11.6 Å². The highest BCUT2D eigenvalue weighted by molar-refractivity contribution is 7.89. The molecular weight excluding hydrogens is 290 g/mol. The zero-order valence-corrected chi connectivity index (χ0v) is 12.4. The van der Waals surface area contributed by atoms with Gasteiger partial charge < -0.3 is 4.74 Å². The van der Waals surface area contributed by atoms with Crippen LogP contribution in [0.15, 0.2) is 29.2 Å².